The van der Waals surface area contributed by atoms with Crippen molar-refractivity contribution in [3.05, 3.63) is 29.6 Å². The number of nitrogens with one attached hydrogen (secondary N) is 1. The van der Waals surface area contributed by atoms with E-state index in [9.17, 15) is 9.50 Å². The number of fused-ring (bicyclic) bond motifs is 1. The number of hydrogen-bond donors (Lipinski definition) is 2. The SMILES string of the molecule is O[C@H]1CC2(CCNCC2)Oc2cc(F)ccc21. The molecule has 2 aliphatic heterocycles. The van der Waals surface area contributed by atoms with Crippen LogP contribution in [0.2, 0.25) is 0 Å². The summed E-state index contributed by atoms with van der Waals surface area (Å²) in [5.74, 6) is 0.188. The van der Waals surface area contributed by atoms with Gasteiger partial charge in [-0.1, -0.05) is 0 Å². The first kappa shape index (κ1) is 11.0. The summed E-state index contributed by atoms with van der Waals surface area (Å²) in [5.41, 5.74) is 0.390. The van der Waals surface area contributed by atoms with Crippen LogP contribution in [0.5, 0.6) is 5.75 Å². The molecule has 1 fully saturated rings. The quantitative estimate of drug-likeness (QED) is 0.722. The maximum absolute atomic E-state index is 13.2. The topological polar surface area (TPSA) is 41.5 Å². The third kappa shape index (κ3) is 1.91. The van der Waals surface area contributed by atoms with Gasteiger partial charge in [0.1, 0.15) is 17.2 Å². The molecule has 1 aromatic carbocycles. The van der Waals surface area contributed by atoms with Gasteiger partial charge in [-0.15, -0.1) is 0 Å². The van der Waals surface area contributed by atoms with Crippen LogP contribution in [-0.4, -0.2) is 23.8 Å². The maximum atomic E-state index is 13.2. The molecule has 2 heterocycles. The maximum Gasteiger partial charge on any atom is 0.128 e. The van der Waals surface area contributed by atoms with Crippen LogP contribution in [0, 0.1) is 5.82 Å². The number of rotatable bonds is 0. The minimum absolute atomic E-state index is 0.314. The third-order valence-electron chi connectivity index (χ3n) is 3.74. The van der Waals surface area contributed by atoms with Gasteiger partial charge < -0.3 is 15.2 Å². The van der Waals surface area contributed by atoms with Crippen LogP contribution in [0.4, 0.5) is 4.39 Å². The van der Waals surface area contributed by atoms with Crippen LogP contribution < -0.4 is 10.1 Å². The molecule has 0 aliphatic carbocycles. The number of hydrogen-bond acceptors (Lipinski definition) is 3. The average molecular weight is 237 g/mol. The Hall–Kier alpha value is -1.13. The zero-order valence-electron chi connectivity index (χ0n) is 9.58. The number of aliphatic hydroxyl groups excluding tert-OH is 1. The van der Waals surface area contributed by atoms with Crippen LogP contribution in [0.1, 0.15) is 30.9 Å². The zero-order valence-corrected chi connectivity index (χ0v) is 9.58. The summed E-state index contributed by atoms with van der Waals surface area (Å²) in [6.07, 6.45) is 1.78. The smallest absolute Gasteiger partial charge is 0.128 e. The van der Waals surface area contributed by atoms with Crippen LogP contribution >= 0.6 is 0 Å². The van der Waals surface area contributed by atoms with Gasteiger partial charge in [-0.05, 0) is 38.1 Å². The summed E-state index contributed by atoms with van der Waals surface area (Å²) in [7, 11) is 0. The predicted molar refractivity (Wildman–Crippen MR) is 61.4 cm³/mol. The Morgan fingerprint density at radius 2 is 2.12 bits per heavy atom. The molecule has 17 heavy (non-hydrogen) atoms. The van der Waals surface area contributed by atoms with Gasteiger partial charge in [0, 0.05) is 18.1 Å². The molecule has 2 N–H and O–H groups in total. The molecule has 1 aromatic rings. The van der Waals surface area contributed by atoms with E-state index in [0.29, 0.717) is 17.7 Å². The van der Waals surface area contributed by atoms with Crippen molar-refractivity contribution in [1.82, 2.24) is 5.32 Å². The van der Waals surface area contributed by atoms with Crippen molar-refractivity contribution >= 4 is 0 Å². The van der Waals surface area contributed by atoms with Crippen molar-refractivity contribution in [2.75, 3.05) is 13.1 Å². The first-order chi connectivity index (χ1) is 8.19. The fourth-order valence-corrected chi connectivity index (χ4v) is 2.80. The molecule has 0 aromatic heterocycles. The predicted octanol–water partition coefficient (Wildman–Crippen LogP) is 1.76. The molecule has 0 saturated carbocycles. The molecule has 3 rings (SSSR count). The fraction of sp³-hybridized carbons (Fsp3) is 0.538. The Kier molecular flexibility index (Phi) is 2.56. The van der Waals surface area contributed by atoms with Gasteiger partial charge in [0.2, 0.25) is 0 Å². The molecule has 4 heteroatoms. The van der Waals surface area contributed by atoms with Crippen LogP contribution in [0.3, 0.4) is 0 Å². The molecule has 1 spiro atoms. The summed E-state index contributed by atoms with van der Waals surface area (Å²) in [6, 6.07) is 4.36. The normalized spacial score (nSPS) is 26.4. The summed E-state index contributed by atoms with van der Waals surface area (Å²) in [6.45, 7) is 1.77. The summed E-state index contributed by atoms with van der Waals surface area (Å²) in [4.78, 5) is 0. The average Bonchev–Trinajstić information content (AvgIpc) is 2.29. The molecule has 0 radical (unpaired) electrons. The molecule has 0 unspecified atom stereocenters. The standard InChI is InChI=1S/C13H16FNO2/c14-9-1-2-10-11(16)8-13(17-12(10)7-9)3-5-15-6-4-13/h1-2,7,11,15-16H,3-6,8H2/t11-/m0/s1. The van der Waals surface area contributed by atoms with E-state index in [2.05, 4.69) is 5.32 Å². The Balaban J connectivity index is 1.95. The second kappa shape index (κ2) is 3.96. The molecule has 92 valence electrons. The lowest BCUT2D eigenvalue weighted by molar-refractivity contribution is -0.0339. The number of aliphatic hydroxyl groups is 1. The lowest BCUT2D eigenvalue weighted by Gasteiger charge is -2.43. The number of ether oxygens (including phenoxy) is 1. The molecular formula is C13H16FNO2. The van der Waals surface area contributed by atoms with E-state index in [0.717, 1.165) is 25.9 Å². The highest BCUT2D eigenvalue weighted by molar-refractivity contribution is 5.38. The van der Waals surface area contributed by atoms with E-state index in [1.807, 2.05) is 0 Å². The minimum Gasteiger partial charge on any atom is -0.487 e. The van der Waals surface area contributed by atoms with Crippen molar-refractivity contribution in [3.63, 3.8) is 0 Å². The lowest BCUT2D eigenvalue weighted by atomic mass is 9.82. The van der Waals surface area contributed by atoms with Gasteiger partial charge in [0.25, 0.3) is 0 Å². The number of piperidine rings is 1. The van der Waals surface area contributed by atoms with Gasteiger partial charge in [-0.25, -0.2) is 4.39 Å². The monoisotopic (exact) mass is 237 g/mol. The van der Waals surface area contributed by atoms with Gasteiger partial charge in [-0.3, -0.25) is 0 Å². The van der Waals surface area contributed by atoms with Gasteiger partial charge in [-0.2, -0.15) is 0 Å². The van der Waals surface area contributed by atoms with E-state index >= 15 is 0 Å². The molecule has 3 nitrogen and oxygen atoms in total. The van der Waals surface area contributed by atoms with E-state index in [-0.39, 0.29) is 11.4 Å². The highest BCUT2D eigenvalue weighted by Crippen LogP contribution is 2.43. The van der Waals surface area contributed by atoms with Crippen molar-refractivity contribution in [2.24, 2.45) is 0 Å². The van der Waals surface area contributed by atoms with Gasteiger partial charge in [0.05, 0.1) is 6.10 Å². The Morgan fingerprint density at radius 3 is 2.88 bits per heavy atom. The number of benzene rings is 1. The highest BCUT2D eigenvalue weighted by Gasteiger charge is 2.41. The van der Waals surface area contributed by atoms with E-state index in [1.165, 1.54) is 12.1 Å². The Morgan fingerprint density at radius 1 is 1.35 bits per heavy atom. The zero-order chi connectivity index (χ0) is 11.9. The molecule has 0 amide bonds. The molecular weight excluding hydrogens is 221 g/mol. The van der Waals surface area contributed by atoms with Gasteiger partial charge in [0.15, 0.2) is 0 Å². The minimum atomic E-state index is -0.544. The van der Waals surface area contributed by atoms with Crippen LogP contribution in [0.25, 0.3) is 0 Å². The van der Waals surface area contributed by atoms with E-state index in [4.69, 9.17) is 4.74 Å². The van der Waals surface area contributed by atoms with Gasteiger partial charge >= 0.3 is 0 Å². The number of halogens is 1. The third-order valence-corrected chi connectivity index (χ3v) is 3.74. The van der Waals surface area contributed by atoms with Crippen molar-refractivity contribution in [3.8, 4) is 5.75 Å². The summed E-state index contributed by atoms with van der Waals surface area (Å²) < 4.78 is 19.2. The summed E-state index contributed by atoms with van der Waals surface area (Å²) in [5, 5.41) is 13.4. The van der Waals surface area contributed by atoms with Crippen molar-refractivity contribution in [1.29, 1.82) is 0 Å². The van der Waals surface area contributed by atoms with E-state index in [1.54, 1.807) is 6.07 Å². The van der Waals surface area contributed by atoms with Crippen molar-refractivity contribution < 1.29 is 14.2 Å². The first-order valence-electron chi connectivity index (χ1n) is 6.06. The first-order valence-corrected chi connectivity index (χ1v) is 6.06. The fourth-order valence-electron chi connectivity index (χ4n) is 2.80. The van der Waals surface area contributed by atoms with Crippen LogP contribution in [0.15, 0.2) is 18.2 Å². The van der Waals surface area contributed by atoms with E-state index < -0.39 is 6.10 Å². The Labute approximate surface area is 99.6 Å². The molecule has 0 bridgehead atoms. The second-order valence-electron chi connectivity index (χ2n) is 4.94. The highest BCUT2D eigenvalue weighted by atomic mass is 19.1. The molecule has 2 aliphatic rings. The molecule has 1 atom stereocenters. The molecule has 1 saturated heterocycles. The lowest BCUT2D eigenvalue weighted by Crippen LogP contribution is -2.49. The van der Waals surface area contributed by atoms with Crippen LogP contribution in [-0.2, 0) is 0 Å². The summed E-state index contributed by atoms with van der Waals surface area (Å²) >= 11 is 0. The van der Waals surface area contributed by atoms with Crippen molar-refractivity contribution in [2.45, 2.75) is 31.0 Å². The Bertz CT molecular complexity index is 429. The largest absolute Gasteiger partial charge is 0.487 e. The second-order valence-corrected chi connectivity index (χ2v) is 4.94.